The molecule has 0 spiro atoms. The summed E-state index contributed by atoms with van der Waals surface area (Å²) in [6.45, 7) is 7.90. The third-order valence-corrected chi connectivity index (χ3v) is 3.45. The van der Waals surface area contributed by atoms with Gasteiger partial charge in [-0.2, -0.15) is 0 Å². The van der Waals surface area contributed by atoms with Gasteiger partial charge >= 0.3 is 0 Å². The van der Waals surface area contributed by atoms with Crippen LogP contribution in [0.5, 0.6) is 0 Å². The van der Waals surface area contributed by atoms with Crippen molar-refractivity contribution in [1.29, 1.82) is 0 Å². The number of nitrogens with one attached hydrogen (secondary N) is 1. The molecule has 0 saturated heterocycles. The van der Waals surface area contributed by atoms with E-state index in [-0.39, 0.29) is 0 Å². The van der Waals surface area contributed by atoms with Crippen LogP contribution in [0.4, 0.5) is 0 Å². The minimum Gasteiger partial charge on any atom is -0.382 e. The van der Waals surface area contributed by atoms with E-state index in [1.54, 1.807) is 7.11 Å². The van der Waals surface area contributed by atoms with Crippen LogP contribution in [0.2, 0.25) is 0 Å². The fourth-order valence-electron chi connectivity index (χ4n) is 2.18. The van der Waals surface area contributed by atoms with E-state index in [4.69, 9.17) is 9.47 Å². The fourth-order valence-corrected chi connectivity index (χ4v) is 2.18. The van der Waals surface area contributed by atoms with Crippen molar-refractivity contribution >= 4 is 0 Å². The molecule has 0 aliphatic heterocycles. The quantitative estimate of drug-likeness (QED) is 0.679. The Morgan fingerprint density at radius 2 is 1.81 bits per heavy atom. The lowest BCUT2D eigenvalue weighted by atomic mass is 9.75. The van der Waals surface area contributed by atoms with Crippen LogP contribution in [0.25, 0.3) is 0 Å². The van der Waals surface area contributed by atoms with Crippen LogP contribution in [-0.4, -0.2) is 39.5 Å². The Balaban J connectivity index is 1.94. The summed E-state index contributed by atoms with van der Waals surface area (Å²) in [4.78, 5) is 0. The Hall–Kier alpha value is -0.120. The lowest BCUT2D eigenvalue weighted by molar-refractivity contribution is 0.0696. The van der Waals surface area contributed by atoms with Crippen LogP contribution in [0.3, 0.4) is 0 Å². The van der Waals surface area contributed by atoms with Crippen molar-refractivity contribution in [2.75, 3.05) is 33.5 Å². The maximum Gasteiger partial charge on any atom is 0.0700 e. The number of rotatable bonds is 7. The molecule has 1 fully saturated rings. The molecule has 16 heavy (non-hydrogen) atoms. The van der Waals surface area contributed by atoms with Crippen molar-refractivity contribution in [3.63, 3.8) is 0 Å². The molecule has 1 aliphatic carbocycles. The van der Waals surface area contributed by atoms with Gasteiger partial charge in [-0.3, -0.25) is 0 Å². The third kappa shape index (κ3) is 5.83. The molecule has 0 aromatic rings. The van der Waals surface area contributed by atoms with E-state index in [0.717, 1.165) is 13.2 Å². The molecule has 3 heteroatoms. The Kier molecular flexibility index (Phi) is 6.32. The van der Waals surface area contributed by atoms with Crippen molar-refractivity contribution in [2.24, 2.45) is 5.41 Å². The van der Waals surface area contributed by atoms with E-state index in [2.05, 4.69) is 19.2 Å². The number of hydrogen-bond acceptors (Lipinski definition) is 3. The van der Waals surface area contributed by atoms with Gasteiger partial charge in [0.15, 0.2) is 0 Å². The Morgan fingerprint density at radius 3 is 2.44 bits per heavy atom. The highest BCUT2D eigenvalue weighted by Gasteiger charge is 2.26. The second-order valence-electron chi connectivity index (χ2n) is 5.50. The largest absolute Gasteiger partial charge is 0.382 e. The average molecular weight is 229 g/mol. The molecule has 1 rings (SSSR count). The molecule has 96 valence electrons. The van der Waals surface area contributed by atoms with Gasteiger partial charge in [0, 0.05) is 19.7 Å². The predicted molar refractivity (Wildman–Crippen MR) is 66.7 cm³/mol. The van der Waals surface area contributed by atoms with Crippen molar-refractivity contribution in [1.82, 2.24) is 5.32 Å². The molecule has 0 aromatic carbocycles. The lowest BCUT2D eigenvalue weighted by Gasteiger charge is -2.34. The van der Waals surface area contributed by atoms with Crippen LogP contribution < -0.4 is 5.32 Å². The van der Waals surface area contributed by atoms with Gasteiger partial charge in [0.1, 0.15) is 0 Å². The molecule has 0 radical (unpaired) electrons. The van der Waals surface area contributed by atoms with Crippen LogP contribution in [0, 0.1) is 5.41 Å². The predicted octanol–water partition coefficient (Wildman–Crippen LogP) is 2.21. The molecule has 0 unspecified atom stereocenters. The van der Waals surface area contributed by atoms with Gasteiger partial charge in [0.05, 0.1) is 19.8 Å². The zero-order valence-electron chi connectivity index (χ0n) is 11.1. The minimum atomic E-state index is 0.563. The summed E-state index contributed by atoms with van der Waals surface area (Å²) in [5, 5.41) is 3.57. The maximum absolute atomic E-state index is 5.42. The first-order valence-corrected chi connectivity index (χ1v) is 6.44. The average Bonchev–Trinajstić information content (AvgIpc) is 2.25. The zero-order chi connectivity index (χ0) is 11.9. The van der Waals surface area contributed by atoms with E-state index in [1.807, 2.05) is 0 Å². The highest BCUT2D eigenvalue weighted by molar-refractivity contribution is 4.81. The monoisotopic (exact) mass is 229 g/mol. The van der Waals surface area contributed by atoms with Gasteiger partial charge in [-0.05, 0) is 31.1 Å². The zero-order valence-corrected chi connectivity index (χ0v) is 11.1. The van der Waals surface area contributed by atoms with E-state index in [1.165, 1.54) is 25.7 Å². The second kappa shape index (κ2) is 7.25. The fraction of sp³-hybridized carbons (Fsp3) is 1.00. The van der Waals surface area contributed by atoms with Crippen molar-refractivity contribution in [3.8, 4) is 0 Å². The van der Waals surface area contributed by atoms with Gasteiger partial charge in [-0.1, -0.05) is 13.8 Å². The molecular weight excluding hydrogens is 202 g/mol. The third-order valence-electron chi connectivity index (χ3n) is 3.45. The van der Waals surface area contributed by atoms with Gasteiger partial charge in [-0.15, -0.1) is 0 Å². The summed E-state index contributed by atoms with van der Waals surface area (Å²) >= 11 is 0. The number of hydrogen-bond donors (Lipinski definition) is 1. The summed E-state index contributed by atoms with van der Waals surface area (Å²) in [7, 11) is 1.70. The van der Waals surface area contributed by atoms with Crippen molar-refractivity contribution in [2.45, 2.75) is 45.6 Å². The van der Waals surface area contributed by atoms with E-state index < -0.39 is 0 Å². The first-order valence-electron chi connectivity index (χ1n) is 6.44. The first kappa shape index (κ1) is 13.9. The van der Waals surface area contributed by atoms with E-state index in [9.17, 15) is 0 Å². The summed E-state index contributed by atoms with van der Waals surface area (Å²) in [5.41, 5.74) is 0.563. The molecule has 0 amide bonds. The van der Waals surface area contributed by atoms with Crippen LogP contribution in [0.1, 0.15) is 39.5 Å². The molecule has 0 bridgehead atoms. The molecule has 1 saturated carbocycles. The van der Waals surface area contributed by atoms with Crippen molar-refractivity contribution in [3.05, 3.63) is 0 Å². The van der Waals surface area contributed by atoms with Crippen LogP contribution in [-0.2, 0) is 9.47 Å². The Labute approximate surface area is 99.9 Å². The smallest absolute Gasteiger partial charge is 0.0700 e. The second-order valence-corrected chi connectivity index (χ2v) is 5.50. The number of ether oxygens (including phenoxy) is 2. The van der Waals surface area contributed by atoms with Crippen LogP contribution in [0.15, 0.2) is 0 Å². The normalized spacial score (nSPS) is 21.2. The highest BCUT2D eigenvalue weighted by Crippen LogP contribution is 2.34. The molecule has 0 atom stereocenters. The Bertz CT molecular complexity index is 173. The molecule has 1 N–H and O–H groups in total. The molecule has 3 nitrogen and oxygen atoms in total. The first-order chi connectivity index (χ1) is 7.64. The summed E-state index contributed by atoms with van der Waals surface area (Å²) in [6.07, 6.45) is 5.31. The van der Waals surface area contributed by atoms with E-state index >= 15 is 0 Å². The summed E-state index contributed by atoms with van der Waals surface area (Å²) in [5.74, 6) is 0. The maximum atomic E-state index is 5.42. The van der Waals surface area contributed by atoms with Gasteiger partial charge in [0.2, 0.25) is 0 Å². The molecular formula is C13H27NO2. The van der Waals surface area contributed by atoms with Crippen LogP contribution >= 0.6 is 0 Å². The van der Waals surface area contributed by atoms with E-state index in [0.29, 0.717) is 24.7 Å². The summed E-state index contributed by atoms with van der Waals surface area (Å²) < 4.78 is 10.3. The molecule has 0 heterocycles. The topological polar surface area (TPSA) is 30.5 Å². The van der Waals surface area contributed by atoms with Crippen molar-refractivity contribution < 1.29 is 9.47 Å². The van der Waals surface area contributed by atoms with Gasteiger partial charge in [-0.25, -0.2) is 0 Å². The SMILES string of the molecule is COCCOCCNC1CCC(C)(C)CC1. The molecule has 0 aromatic heterocycles. The minimum absolute atomic E-state index is 0.563. The lowest BCUT2D eigenvalue weighted by Crippen LogP contribution is -2.37. The highest BCUT2D eigenvalue weighted by atomic mass is 16.5. The number of methoxy groups -OCH3 is 1. The van der Waals surface area contributed by atoms with Gasteiger partial charge < -0.3 is 14.8 Å². The summed E-state index contributed by atoms with van der Waals surface area (Å²) in [6, 6.07) is 0.707. The Morgan fingerprint density at radius 1 is 1.12 bits per heavy atom. The standard InChI is InChI=1S/C13H27NO2/c1-13(2)6-4-12(5-7-13)14-8-9-16-11-10-15-3/h12,14H,4-11H2,1-3H3. The van der Waals surface area contributed by atoms with Gasteiger partial charge in [0.25, 0.3) is 0 Å². The molecule has 1 aliphatic rings.